The predicted molar refractivity (Wildman–Crippen MR) is 110 cm³/mol. The van der Waals surface area contributed by atoms with Gasteiger partial charge in [0.25, 0.3) is 5.91 Å². The van der Waals surface area contributed by atoms with Gasteiger partial charge in [0.15, 0.2) is 0 Å². The van der Waals surface area contributed by atoms with Crippen LogP contribution in [-0.4, -0.2) is 60.9 Å². The lowest BCUT2D eigenvalue weighted by atomic mass is 10.0. The van der Waals surface area contributed by atoms with Crippen LogP contribution in [0.5, 0.6) is 0 Å². The minimum atomic E-state index is -0.173. The summed E-state index contributed by atoms with van der Waals surface area (Å²) in [7, 11) is 3.95. The SMILES string of the molecule is CC(N)CC(=O)Nc1ccc(C(=O)N(C)C2CCCN(C)C2)cc1.Cl.Cl. The molecule has 1 aromatic rings. The average Bonchev–Trinajstić information content (AvgIpc) is 2.53. The van der Waals surface area contributed by atoms with Crippen molar-refractivity contribution in [3.05, 3.63) is 29.8 Å². The zero-order valence-corrected chi connectivity index (χ0v) is 17.2. The van der Waals surface area contributed by atoms with E-state index in [1.165, 1.54) is 0 Å². The molecular formula is C18H30Cl2N4O2. The number of hydrogen-bond donors (Lipinski definition) is 2. The maximum atomic E-state index is 12.6. The van der Waals surface area contributed by atoms with E-state index in [1.807, 2.05) is 11.9 Å². The molecule has 0 saturated carbocycles. The van der Waals surface area contributed by atoms with E-state index < -0.39 is 0 Å². The van der Waals surface area contributed by atoms with E-state index in [0.717, 1.165) is 25.9 Å². The van der Waals surface area contributed by atoms with E-state index in [4.69, 9.17) is 5.73 Å². The molecule has 1 fully saturated rings. The first-order valence-electron chi connectivity index (χ1n) is 8.48. The quantitative estimate of drug-likeness (QED) is 0.789. The number of halogens is 2. The average molecular weight is 405 g/mol. The minimum absolute atomic E-state index is 0. The summed E-state index contributed by atoms with van der Waals surface area (Å²) in [6.45, 7) is 3.79. The Balaban J connectivity index is 0.00000312. The van der Waals surface area contributed by atoms with Gasteiger partial charge in [0.05, 0.1) is 0 Å². The van der Waals surface area contributed by atoms with Gasteiger partial charge in [0, 0.05) is 43.3 Å². The first-order valence-corrected chi connectivity index (χ1v) is 8.48. The van der Waals surface area contributed by atoms with Gasteiger partial charge in [-0.05, 0) is 57.6 Å². The third-order valence-electron chi connectivity index (χ3n) is 4.39. The summed E-state index contributed by atoms with van der Waals surface area (Å²) < 4.78 is 0. The van der Waals surface area contributed by atoms with Crippen molar-refractivity contribution in [2.45, 2.75) is 38.3 Å². The van der Waals surface area contributed by atoms with Gasteiger partial charge in [-0.25, -0.2) is 0 Å². The third kappa shape index (κ3) is 7.11. The molecule has 1 saturated heterocycles. The molecule has 3 N–H and O–H groups in total. The number of nitrogens with two attached hydrogens (primary N) is 1. The Bertz CT molecular complexity index is 581. The summed E-state index contributed by atoms with van der Waals surface area (Å²) in [4.78, 5) is 28.4. The molecule has 2 atom stereocenters. The number of rotatable bonds is 5. The number of benzene rings is 1. The fourth-order valence-corrected chi connectivity index (χ4v) is 3.03. The van der Waals surface area contributed by atoms with E-state index >= 15 is 0 Å². The van der Waals surface area contributed by atoms with E-state index in [2.05, 4.69) is 17.3 Å². The van der Waals surface area contributed by atoms with Crippen molar-refractivity contribution in [3.63, 3.8) is 0 Å². The van der Waals surface area contributed by atoms with Crippen molar-refractivity contribution < 1.29 is 9.59 Å². The molecule has 2 unspecified atom stereocenters. The van der Waals surface area contributed by atoms with Crippen LogP contribution in [0.25, 0.3) is 0 Å². The lowest BCUT2D eigenvalue weighted by Gasteiger charge is -2.35. The number of nitrogens with one attached hydrogen (secondary N) is 1. The highest BCUT2D eigenvalue weighted by molar-refractivity contribution is 5.96. The van der Waals surface area contributed by atoms with Crippen LogP contribution < -0.4 is 11.1 Å². The first-order chi connectivity index (χ1) is 11.4. The molecule has 1 aromatic carbocycles. The third-order valence-corrected chi connectivity index (χ3v) is 4.39. The Kier molecular flexibility index (Phi) is 10.8. The zero-order valence-electron chi connectivity index (χ0n) is 15.6. The van der Waals surface area contributed by atoms with Crippen LogP contribution >= 0.6 is 24.8 Å². The van der Waals surface area contributed by atoms with Crippen molar-refractivity contribution in [1.82, 2.24) is 9.80 Å². The molecule has 0 aromatic heterocycles. The summed E-state index contributed by atoms with van der Waals surface area (Å²) >= 11 is 0. The van der Waals surface area contributed by atoms with Crippen LogP contribution in [0.2, 0.25) is 0 Å². The maximum Gasteiger partial charge on any atom is 0.253 e. The molecule has 6 nitrogen and oxygen atoms in total. The van der Waals surface area contributed by atoms with Crippen molar-refractivity contribution in [2.75, 3.05) is 32.5 Å². The van der Waals surface area contributed by atoms with Gasteiger partial charge in [0.1, 0.15) is 0 Å². The van der Waals surface area contributed by atoms with Crippen LogP contribution in [0.3, 0.4) is 0 Å². The summed E-state index contributed by atoms with van der Waals surface area (Å²) in [6, 6.07) is 7.11. The molecule has 2 rings (SSSR count). The van der Waals surface area contributed by atoms with Crippen LogP contribution in [0, 0.1) is 0 Å². The second-order valence-corrected chi connectivity index (χ2v) is 6.78. The van der Waals surface area contributed by atoms with Crippen molar-refractivity contribution in [1.29, 1.82) is 0 Å². The molecule has 26 heavy (non-hydrogen) atoms. The molecule has 0 spiro atoms. The predicted octanol–water partition coefficient (Wildman–Crippen LogP) is 2.37. The van der Waals surface area contributed by atoms with Gasteiger partial charge >= 0.3 is 0 Å². The minimum Gasteiger partial charge on any atom is -0.337 e. The number of anilines is 1. The van der Waals surface area contributed by atoms with E-state index in [1.54, 1.807) is 31.2 Å². The number of hydrogen-bond acceptors (Lipinski definition) is 4. The molecule has 1 aliphatic rings. The Labute approximate surface area is 168 Å². The standard InChI is InChI=1S/C18H28N4O2.2ClH/c1-13(19)11-17(23)20-15-8-6-14(7-9-15)18(24)22(3)16-5-4-10-21(2)12-16;;/h6-9,13,16H,4-5,10-12,19H2,1-3H3,(H,20,23);2*1H. The molecule has 0 aliphatic carbocycles. The van der Waals surface area contributed by atoms with Gasteiger partial charge in [-0.15, -0.1) is 24.8 Å². The molecule has 8 heteroatoms. The number of amides is 2. The maximum absolute atomic E-state index is 12.6. The Hall–Kier alpha value is -1.34. The van der Waals surface area contributed by atoms with Crippen LogP contribution in [-0.2, 0) is 4.79 Å². The highest BCUT2D eigenvalue weighted by atomic mass is 35.5. The van der Waals surface area contributed by atoms with E-state index in [0.29, 0.717) is 11.3 Å². The summed E-state index contributed by atoms with van der Waals surface area (Å²) in [5.41, 5.74) is 6.92. The zero-order chi connectivity index (χ0) is 17.7. The van der Waals surface area contributed by atoms with Gasteiger partial charge in [-0.3, -0.25) is 9.59 Å². The number of piperidine rings is 1. The summed E-state index contributed by atoms with van der Waals surface area (Å²) in [5.74, 6) is -0.102. The normalized spacial score (nSPS) is 18.1. The van der Waals surface area contributed by atoms with Crippen LogP contribution in [0.4, 0.5) is 5.69 Å². The van der Waals surface area contributed by atoms with Gasteiger partial charge in [0.2, 0.25) is 5.91 Å². The van der Waals surface area contributed by atoms with Crippen molar-refractivity contribution >= 4 is 42.3 Å². The number of likely N-dealkylation sites (tertiary alicyclic amines) is 1. The molecule has 148 valence electrons. The highest BCUT2D eigenvalue weighted by Crippen LogP contribution is 2.17. The second kappa shape index (κ2) is 11.4. The number of carbonyl (C=O) groups excluding carboxylic acids is 2. The van der Waals surface area contributed by atoms with Crippen molar-refractivity contribution in [3.8, 4) is 0 Å². The summed E-state index contributed by atoms with van der Waals surface area (Å²) in [6.07, 6.45) is 2.43. The molecule has 0 bridgehead atoms. The number of likely N-dealkylation sites (N-methyl/N-ethyl adjacent to an activating group) is 2. The monoisotopic (exact) mass is 404 g/mol. The number of nitrogens with zero attached hydrogens (tertiary/aromatic N) is 2. The highest BCUT2D eigenvalue weighted by Gasteiger charge is 2.25. The molecular weight excluding hydrogens is 375 g/mol. The van der Waals surface area contributed by atoms with Gasteiger partial charge < -0.3 is 20.9 Å². The van der Waals surface area contributed by atoms with Gasteiger partial charge in [-0.2, -0.15) is 0 Å². The molecule has 2 amide bonds. The van der Waals surface area contributed by atoms with Crippen LogP contribution in [0.1, 0.15) is 36.5 Å². The van der Waals surface area contributed by atoms with Gasteiger partial charge in [-0.1, -0.05) is 0 Å². The Morgan fingerprint density at radius 2 is 1.92 bits per heavy atom. The lowest BCUT2D eigenvalue weighted by molar-refractivity contribution is -0.116. The Morgan fingerprint density at radius 3 is 2.46 bits per heavy atom. The lowest BCUT2D eigenvalue weighted by Crippen LogP contribution is -2.47. The molecule has 1 aliphatic heterocycles. The topological polar surface area (TPSA) is 78.7 Å². The first kappa shape index (κ1) is 24.7. The fraction of sp³-hybridized carbons (Fsp3) is 0.556. The van der Waals surface area contributed by atoms with E-state index in [-0.39, 0.29) is 55.1 Å². The smallest absolute Gasteiger partial charge is 0.253 e. The largest absolute Gasteiger partial charge is 0.337 e. The summed E-state index contributed by atoms with van der Waals surface area (Å²) in [5, 5.41) is 2.79. The number of carbonyl (C=O) groups is 2. The second-order valence-electron chi connectivity index (χ2n) is 6.78. The fourth-order valence-electron chi connectivity index (χ4n) is 3.03. The molecule has 0 radical (unpaired) electrons. The molecule has 1 heterocycles. The van der Waals surface area contributed by atoms with Crippen molar-refractivity contribution in [2.24, 2.45) is 5.73 Å². The van der Waals surface area contributed by atoms with Crippen LogP contribution in [0.15, 0.2) is 24.3 Å². The van der Waals surface area contributed by atoms with E-state index in [9.17, 15) is 9.59 Å². The Morgan fingerprint density at radius 1 is 1.31 bits per heavy atom.